The van der Waals surface area contributed by atoms with Crippen molar-refractivity contribution in [2.24, 2.45) is 13.0 Å². The van der Waals surface area contributed by atoms with Crippen LogP contribution < -0.4 is 25.2 Å². The van der Waals surface area contributed by atoms with Crippen molar-refractivity contribution in [2.75, 3.05) is 32.2 Å². The summed E-state index contributed by atoms with van der Waals surface area (Å²) in [5, 5.41) is 7.02. The molecule has 0 saturated carbocycles. The number of amides is 1. The molecule has 8 nitrogen and oxygen atoms in total. The second-order valence-corrected chi connectivity index (χ2v) is 6.48. The molecule has 1 N–H and O–H groups in total. The summed E-state index contributed by atoms with van der Waals surface area (Å²) in [6.07, 6.45) is 2.39. The Kier molecular flexibility index (Phi) is 5.63. The molecule has 1 aromatic carbocycles. The van der Waals surface area contributed by atoms with Crippen LogP contribution in [0.25, 0.3) is 0 Å². The monoisotopic (exact) mass is 372 g/mol. The highest BCUT2D eigenvalue weighted by Gasteiger charge is 2.29. The number of carbonyl (C=O) groups is 1. The van der Waals surface area contributed by atoms with E-state index >= 15 is 0 Å². The maximum absolute atomic E-state index is 12.6. The molecule has 2 aromatic rings. The van der Waals surface area contributed by atoms with Crippen LogP contribution in [0.1, 0.15) is 12.0 Å². The summed E-state index contributed by atoms with van der Waals surface area (Å²) in [6, 6.07) is 7.13. The highest BCUT2D eigenvalue weighted by molar-refractivity contribution is 5.80. The molecule has 0 radical (unpaired) electrons. The van der Waals surface area contributed by atoms with Gasteiger partial charge in [0.2, 0.25) is 5.91 Å². The number of nitrogens with one attached hydrogen (secondary N) is 1. The molecule has 0 aliphatic carbocycles. The minimum absolute atomic E-state index is 0.0147. The van der Waals surface area contributed by atoms with Crippen LogP contribution >= 0.6 is 0 Å². The third-order valence-electron chi connectivity index (χ3n) is 4.82. The Hall–Kier alpha value is -3.03. The van der Waals surface area contributed by atoms with E-state index in [1.807, 2.05) is 23.1 Å². The Labute approximate surface area is 157 Å². The Balaban J connectivity index is 1.61. The zero-order valence-corrected chi connectivity index (χ0v) is 15.8. The molecule has 1 aromatic heterocycles. The number of aromatic nitrogens is 2. The number of benzene rings is 1. The van der Waals surface area contributed by atoms with E-state index < -0.39 is 0 Å². The summed E-state index contributed by atoms with van der Waals surface area (Å²) < 4.78 is 12.0. The zero-order chi connectivity index (χ0) is 19.4. The maximum Gasteiger partial charge on any atom is 0.268 e. The predicted molar refractivity (Wildman–Crippen MR) is 101 cm³/mol. The molecule has 27 heavy (non-hydrogen) atoms. The number of para-hydroxylation sites is 1. The lowest BCUT2D eigenvalue weighted by molar-refractivity contribution is -0.124. The van der Waals surface area contributed by atoms with Gasteiger partial charge in [-0.05, 0) is 12.5 Å². The number of carbonyl (C=O) groups excluding carboxylic acids is 1. The number of methoxy groups -OCH3 is 2. The van der Waals surface area contributed by atoms with Gasteiger partial charge >= 0.3 is 0 Å². The van der Waals surface area contributed by atoms with E-state index in [1.165, 1.54) is 4.68 Å². The van der Waals surface area contributed by atoms with Crippen molar-refractivity contribution in [2.45, 2.75) is 13.0 Å². The average molecular weight is 372 g/mol. The number of aryl methyl sites for hydroxylation is 1. The van der Waals surface area contributed by atoms with E-state index in [0.717, 1.165) is 24.2 Å². The van der Waals surface area contributed by atoms with E-state index in [4.69, 9.17) is 9.47 Å². The molecule has 2 heterocycles. The topological polar surface area (TPSA) is 85.7 Å². The van der Waals surface area contributed by atoms with Crippen LogP contribution in [0.5, 0.6) is 11.5 Å². The minimum atomic E-state index is -0.162. The standard InChI is InChI=1S/C19H24N4O4/c1-22-17(24)9-15(11-21-22)23-8-7-14(12-23)19(25)20-10-13-5-4-6-16(26-2)18(13)27-3/h4-6,9,11,14H,7-8,10,12H2,1-3H3,(H,20,25). The highest BCUT2D eigenvalue weighted by atomic mass is 16.5. The number of nitrogens with zero attached hydrogens (tertiary/aromatic N) is 3. The van der Waals surface area contributed by atoms with Crippen LogP contribution in [0, 0.1) is 5.92 Å². The average Bonchev–Trinajstić information content (AvgIpc) is 3.18. The Morgan fingerprint density at radius 2 is 2.15 bits per heavy atom. The SMILES string of the molecule is COc1cccc(CNC(=O)C2CCN(c3cnn(C)c(=O)c3)C2)c1OC. The second-order valence-electron chi connectivity index (χ2n) is 6.48. The molecule has 144 valence electrons. The number of rotatable bonds is 6. The first-order valence-electron chi connectivity index (χ1n) is 8.79. The maximum atomic E-state index is 12.6. The first-order chi connectivity index (χ1) is 13.0. The third kappa shape index (κ3) is 4.05. The quantitative estimate of drug-likeness (QED) is 0.812. The van der Waals surface area contributed by atoms with Gasteiger partial charge in [-0.3, -0.25) is 9.59 Å². The molecular formula is C19H24N4O4. The van der Waals surface area contributed by atoms with Crippen molar-refractivity contribution in [3.63, 3.8) is 0 Å². The van der Waals surface area contributed by atoms with Gasteiger partial charge < -0.3 is 19.7 Å². The molecule has 0 spiro atoms. The first-order valence-corrected chi connectivity index (χ1v) is 8.79. The molecule has 1 amide bonds. The molecule has 8 heteroatoms. The number of ether oxygens (including phenoxy) is 2. The first kappa shape index (κ1) is 18.8. The minimum Gasteiger partial charge on any atom is -0.493 e. The summed E-state index contributed by atoms with van der Waals surface area (Å²) in [4.78, 5) is 26.4. The normalized spacial score (nSPS) is 16.3. The summed E-state index contributed by atoms with van der Waals surface area (Å²) >= 11 is 0. The van der Waals surface area contributed by atoms with E-state index in [2.05, 4.69) is 10.4 Å². The fourth-order valence-corrected chi connectivity index (χ4v) is 3.26. The van der Waals surface area contributed by atoms with Crippen molar-refractivity contribution in [1.82, 2.24) is 15.1 Å². The summed E-state index contributed by atoms with van der Waals surface area (Å²) in [7, 11) is 4.77. The van der Waals surface area contributed by atoms with Crippen LogP contribution in [0.2, 0.25) is 0 Å². The van der Waals surface area contributed by atoms with Crippen molar-refractivity contribution < 1.29 is 14.3 Å². The van der Waals surface area contributed by atoms with E-state index in [0.29, 0.717) is 24.6 Å². The molecule has 3 rings (SSSR count). The number of hydrogen-bond donors (Lipinski definition) is 1. The van der Waals surface area contributed by atoms with Crippen LogP contribution in [0.3, 0.4) is 0 Å². The second kappa shape index (κ2) is 8.11. The van der Waals surface area contributed by atoms with Crippen LogP contribution in [-0.2, 0) is 18.4 Å². The Bertz CT molecular complexity index is 880. The molecule has 1 fully saturated rings. The van der Waals surface area contributed by atoms with Crippen LogP contribution in [-0.4, -0.2) is 43.0 Å². The van der Waals surface area contributed by atoms with Gasteiger partial charge in [0.15, 0.2) is 11.5 Å². The molecule has 1 atom stereocenters. The summed E-state index contributed by atoms with van der Waals surface area (Å²) in [5.41, 5.74) is 1.45. The summed E-state index contributed by atoms with van der Waals surface area (Å²) in [6.45, 7) is 1.65. The fraction of sp³-hybridized carbons (Fsp3) is 0.421. The molecular weight excluding hydrogens is 348 g/mol. The molecule has 1 unspecified atom stereocenters. The van der Waals surface area contributed by atoms with Crippen molar-refractivity contribution >= 4 is 11.6 Å². The molecule has 1 aliphatic rings. The van der Waals surface area contributed by atoms with E-state index in [9.17, 15) is 9.59 Å². The van der Waals surface area contributed by atoms with Gasteiger partial charge in [-0.2, -0.15) is 5.10 Å². The van der Waals surface area contributed by atoms with E-state index in [-0.39, 0.29) is 17.4 Å². The van der Waals surface area contributed by atoms with Crippen LogP contribution in [0.15, 0.2) is 35.3 Å². The zero-order valence-electron chi connectivity index (χ0n) is 15.8. The van der Waals surface area contributed by atoms with Crippen molar-refractivity contribution in [1.29, 1.82) is 0 Å². The van der Waals surface area contributed by atoms with Crippen molar-refractivity contribution in [3.8, 4) is 11.5 Å². The largest absolute Gasteiger partial charge is 0.493 e. The lowest BCUT2D eigenvalue weighted by Crippen LogP contribution is -2.33. The van der Waals surface area contributed by atoms with Gasteiger partial charge in [0.25, 0.3) is 5.56 Å². The Morgan fingerprint density at radius 3 is 2.85 bits per heavy atom. The van der Waals surface area contributed by atoms with Gasteiger partial charge in [0, 0.05) is 38.3 Å². The molecule has 1 aliphatic heterocycles. The highest BCUT2D eigenvalue weighted by Crippen LogP contribution is 2.30. The fourth-order valence-electron chi connectivity index (χ4n) is 3.26. The van der Waals surface area contributed by atoms with E-state index in [1.54, 1.807) is 33.5 Å². The predicted octanol–water partition coefficient (Wildman–Crippen LogP) is 0.940. The van der Waals surface area contributed by atoms with Crippen LogP contribution in [0.4, 0.5) is 5.69 Å². The lowest BCUT2D eigenvalue weighted by atomic mass is 10.1. The smallest absolute Gasteiger partial charge is 0.268 e. The van der Waals surface area contributed by atoms with Gasteiger partial charge in [-0.25, -0.2) is 4.68 Å². The number of hydrogen-bond acceptors (Lipinski definition) is 6. The molecule has 0 bridgehead atoms. The Morgan fingerprint density at radius 1 is 1.33 bits per heavy atom. The van der Waals surface area contributed by atoms with Gasteiger partial charge in [0.1, 0.15) is 0 Å². The van der Waals surface area contributed by atoms with Crippen molar-refractivity contribution in [3.05, 3.63) is 46.4 Å². The van der Waals surface area contributed by atoms with Gasteiger partial charge in [0.05, 0.1) is 32.0 Å². The van der Waals surface area contributed by atoms with Gasteiger partial charge in [-0.1, -0.05) is 12.1 Å². The summed E-state index contributed by atoms with van der Waals surface area (Å²) in [5.74, 6) is 1.11. The van der Waals surface area contributed by atoms with Gasteiger partial charge in [-0.15, -0.1) is 0 Å². The number of anilines is 1. The lowest BCUT2D eigenvalue weighted by Gasteiger charge is -2.18. The molecule has 1 saturated heterocycles. The third-order valence-corrected chi connectivity index (χ3v) is 4.82.